The van der Waals surface area contributed by atoms with Crippen LogP contribution in [-0.4, -0.2) is 30.0 Å². The molecule has 0 bridgehead atoms. The molecule has 1 aliphatic carbocycles. The van der Waals surface area contributed by atoms with Crippen LogP contribution in [0.4, 0.5) is 0 Å². The van der Waals surface area contributed by atoms with Gasteiger partial charge < -0.3 is 15.6 Å². The number of hydrogen-bond acceptors (Lipinski definition) is 3. The number of aliphatic hydroxyl groups is 1. The second-order valence-electron chi connectivity index (χ2n) is 4.21. The van der Waals surface area contributed by atoms with Gasteiger partial charge in [-0.15, -0.1) is 0 Å². The topological polar surface area (TPSA) is 55.5 Å². The molecular weight excluding hydrogens is 166 g/mol. The SMILES string of the molecule is COC(C)CC1(O)CCCCC1N. The van der Waals surface area contributed by atoms with Crippen molar-refractivity contribution in [3.8, 4) is 0 Å². The first-order valence-electron chi connectivity index (χ1n) is 5.09. The smallest absolute Gasteiger partial charge is 0.0822 e. The molecule has 3 nitrogen and oxygen atoms in total. The van der Waals surface area contributed by atoms with Crippen LogP contribution in [0.1, 0.15) is 39.0 Å². The molecule has 3 heteroatoms. The summed E-state index contributed by atoms with van der Waals surface area (Å²) in [4.78, 5) is 0. The van der Waals surface area contributed by atoms with Gasteiger partial charge in [-0.2, -0.15) is 0 Å². The van der Waals surface area contributed by atoms with Crippen LogP contribution >= 0.6 is 0 Å². The zero-order valence-electron chi connectivity index (χ0n) is 8.62. The molecule has 1 aliphatic rings. The van der Waals surface area contributed by atoms with Gasteiger partial charge in [0.05, 0.1) is 11.7 Å². The number of rotatable bonds is 3. The van der Waals surface area contributed by atoms with Crippen molar-refractivity contribution in [2.24, 2.45) is 5.73 Å². The van der Waals surface area contributed by atoms with E-state index in [1.165, 1.54) is 0 Å². The Morgan fingerprint density at radius 3 is 2.85 bits per heavy atom. The molecule has 1 fully saturated rings. The lowest BCUT2D eigenvalue weighted by Crippen LogP contribution is -2.51. The van der Waals surface area contributed by atoms with Gasteiger partial charge in [-0.3, -0.25) is 0 Å². The van der Waals surface area contributed by atoms with Crippen LogP contribution in [0.15, 0.2) is 0 Å². The molecule has 3 unspecified atom stereocenters. The van der Waals surface area contributed by atoms with E-state index >= 15 is 0 Å². The van der Waals surface area contributed by atoms with Gasteiger partial charge in [0.1, 0.15) is 0 Å². The highest BCUT2D eigenvalue weighted by Gasteiger charge is 2.37. The molecule has 0 aromatic carbocycles. The lowest BCUT2D eigenvalue weighted by molar-refractivity contribution is -0.0563. The maximum Gasteiger partial charge on any atom is 0.0822 e. The predicted molar refractivity (Wildman–Crippen MR) is 52.5 cm³/mol. The Morgan fingerprint density at radius 1 is 1.62 bits per heavy atom. The van der Waals surface area contributed by atoms with Crippen molar-refractivity contribution in [2.75, 3.05) is 7.11 Å². The molecule has 1 saturated carbocycles. The summed E-state index contributed by atoms with van der Waals surface area (Å²) in [5.41, 5.74) is 5.22. The van der Waals surface area contributed by atoms with Gasteiger partial charge in [0, 0.05) is 19.6 Å². The number of ether oxygens (including phenoxy) is 1. The van der Waals surface area contributed by atoms with Gasteiger partial charge in [0.25, 0.3) is 0 Å². The van der Waals surface area contributed by atoms with E-state index < -0.39 is 5.60 Å². The molecule has 0 aliphatic heterocycles. The molecule has 0 heterocycles. The van der Waals surface area contributed by atoms with Crippen LogP contribution < -0.4 is 5.73 Å². The van der Waals surface area contributed by atoms with Crippen molar-refractivity contribution in [2.45, 2.75) is 56.8 Å². The van der Waals surface area contributed by atoms with Crippen LogP contribution in [0.2, 0.25) is 0 Å². The van der Waals surface area contributed by atoms with Crippen LogP contribution in [0.5, 0.6) is 0 Å². The van der Waals surface area contributed by atoms with E-state index in [1.54, 1.807) is 7.11 Å². The van der Waals surface area contributed by atoms with Crippen molar-refractivity contribution in [3.05, 3.63) is 0 Å². The Hall–Kier alpha value is -0.120. The Labute approximate surface area is 80.3 Å². The standard InChI is InChI=1S/C10H21NO2/c1-8(13-2)7-10(12)6-4-3-5-9(10)11/h8-9,12H,3-7,11H2,1-2H3. The zero-order valence-corrected chi connectivity index (χ0v) is 8.62. The van der Waals surface area contributed by atoms with Crippen molar-refractivity contribution >= 4 is 0 Å². The van der Waals surface area contributed by atoms with Crippen LogP contribution in [0, 0.1) is 0 Å². The Kier molecular flexibility index (Phi) is 3.71. The van der Waals surface area contributed by atoms with E-state index in [2.05, 4.69) is 0 Å². The van der Waals surface area contributed by atoms with Gasteiger partial charge >= 0.3 is 0 Å². The molecule has 0 aromatic heterocycles. The molecule has 0 amide bonds. The van der Waals surface area contributed by atoms with Crippen LogP contribution in [0.3, 0.4) is 0 Å². The fourth-order valence-electron chi connectivity index (χ4n) is 2.08. The maximum atomic E-state index is 10.2. The van der Waals surface area contributed by atoms with Crippen LogP contribution in [0.25, 0.3) is 0 Å². The van der Waals surface area contributed by atoms with Gasteiger partial charge in [-0.05, 0) is 19.8 Å². The third-order valence-electron chi connectivity index (χ3n) is 3.11. The van der Waals surface area contributed by atoms with E-state index in [1.807, 2.05) is 6.92 Å². The van der Waals surface area contributed by atoms with Crippen molar-refractivity contribution in [1.82, 2.24) is 0 Å². The summed E-state index contributed by atoms with van der Waals surface area (Å²) in [6.07, 6.45) is 4.74. The largest absolute Gasteiger partial charge is 0.388 e. The summed E-state index contributed by atoms with van der Waals surface area (Å²) in [6, 6.07) is -0.0705. The van der Waals surface area contributed by atoms with Gasteiger partial charge in [-0.25, -0.2) is 0 Å². The molecule has 0 saturated heterocycles. The first kappa shape index (κ1) is 11.0. The third-order valence-corrected chi connectivity index (χ3v) is 3.11. The molecule has 1 rings (SSSR count). The summed E-state index contributed by atoms with van der Waals surface area (Å²) >= 11 is 0. The van der Waals surface area contributed by atoms with E-state index in [0.29, 0.717) is 6.42 Å². The summed E-state index contributed by atoms with van der Waals surface area (Å²) in [7, 11) is 1.67. The minimum absolute atomic E-state index is 0.0705. The molecule has 0 radical (unpaired) electrons. The van der Waals surface area contributed by atoms with Gasteiger partial charge in [-0.1, -0.05) is 12.8 Å². The maximum absolute atomic E-state index is 10.2. The highest BCUT2D eigenvalue weighted by molar-refractivity contribution is 4.93. The van der Waals surface area contributed by atoms with E-state index in [-0.39, 0.29) is 12.1 Å². The minimum atomic E-state index is -0.687. The lowest BCUT2D eigenvalue weighted by Gasteiger charge is -2.39. The molecule has 13 heavy (non-hydrogen) atoms. The summed E-state index contributed by atoms with van der Waals surface area (Å²) < 4.78 is 5.15. The van der Waals surface area contributed by atoms with Crippen molar-refractivity contribution in [3.63, 3.8) is 0 Å². The second-order valence-corrected chi connectivity index (χ2v) is 4.21. The van der Waals surface area contributed by atoms with Gasteiger partial charge in [0.15, 0.2) is 0 Å². The van der Waals surface area contributed by atoms with Crippen LogP contribution in [-0.2, 0) is 4.74 Å². The monoisotopic (exact) mass is 187 g/mol. The van der Waals surface area contributed by atoms with Crippen molar-refractivity contribution in [1.29, 1.82) is 0 Å². The molecule has 0 aromatic rings. The predicted octanol–water partition coefficient (Wildman–Crippen LogP) is 1.04. The zero-order chi connectivity index (χ0) is 9.90. The highest BCUT2D eigenvalue weighted by atomic mass is 16.5. The normalized spacial score (nSPS) is 37.4. The average Bonchev–Trinajstić information content (AvgIpc) is 2.10. The molecule has 0 spiro atoms. The molecule has 3 N–H and O–H groups in total. The highest BCUT2D eigenvalue weighted by Crippen LogP contribution is 2.31. The summed E-state index contributed by atoms with van der Waals surface area (Å²) in [5, 5.41) is 10.2. The fraction of sp³-hybridized carbons (Fsp3) is 1.00. The second kappa shape index (κ2) is 4.40. The fourth-order valence-corrected chi connectivity index (χ4v) is 2.08. The first-order valence-corrected chi connectivity index (χ1v) is 5.09. The van der Waals surface area contributed by atoms with E-state index in [9.17, 15) is 5.11 Å². The van der Waals surface area contributed by atoms with E-state index in [4.69, 9.17) is 10.5 Å². The van der Waals surface area contributed by atoms with E-state index in [0.717, 1.165) is 25.7 Å². The number of hydrogen-bond donors (Lipinski definition) is 2. The Bertz CT molecular complexity index is 163. The summed E-state index contributed by atoms with van der Waals surface area (Å²) in [6.45, 7) is 1.97. The first-order chi connectivity index (χ1) is 6.08. The summed E-state index contributed by atoms with van der Waals surface area (Å²) in [5.74, 6) is 0. The minimum Gasteiger partial charge on any atom is -0.388 e. The van der Waals surface area contributed by atoms with Gasteiger partial charge in [0.2, 0.25) is 0 Å². The molecular formula is C10H21NO2. The Morgan fingerprint density at radius 2 is 2.31 bits per heavy atom. The quantitative estimate of drug-likeness (QED) is 0.694. The molecule has 3 atom stereocenters. The number of nitrogens with two attached hydrogens (primary N) is 1. The Balaban J connectivity index is 2.51. The van der Waals surface area contributed by atoms with Crippen molar-refractivity contribution < 1.29 is 9.84 Å². The number of methoxy groups -OCH3 is 1. The molecule has 78 valence electrons. The average molecular weight is 187 g/mol. The third kappa shape index (κ3) is 2.66. The lowest BCUT2D eigenvalue weighted by atomic mass is 9.77.